The Balaban J connectivity index is 3.50. The molecule has 0 aliphatic carbocycles. The van der Waals surface area contributed by atoms with Gasteiger partial charge in [0.15, 0.2) is 0 Å². The predicted molar refractivity (Wildman–Crippen MR) is 60.6 cm³/mol. The van der Waals surface area contributed by atoms with Crippen molar-refractivity contribution in [3.63, 3.8) is 0 Å². The van der Waals surface area contributed by atoms with Gasteiger partial charge in [0.1, 0.15) is 6.04 Å². The molecule has 0 bridgehead atoms. The molecule has 0 saturated heterocycles. The monoisotopic (exact) mass is 229 g/mol. The maximum Gasteiger partial charge on any atom is 0.326 e. The van der Waals surface area contributed by atoms with Crippen LogP contribution < -0.4 is 5.32 Å². The van der Waals surface area contributed by atoms with Crippen molar-refractivity contribution in [2.24, 2.45) is 0 Å². The number of aliphatic carboxylic acids is 1. The van der Waals surface area contributed by atoms with Crippen LogP contribution in [0.2, 0.25) is 0 Å². The van der Waals surface area contributed by atoms with E-state index in [0.29, 0.717) is 18.6 Å². The maximum atomic E-state index is 10.6. The van der Waals surface area contributed by atoms with Gasteiger partial charge in [0.25, 0.3) is 0 Å². The molecule has 1 atom stereocenters. The molecule has 0 aromatic carbocycles. The average molecular weight is 229 g/mol. The molecule has 1 unspecified atom stereocenters. The molecule has 4 nitrogen and oxygen atoms in total. The van der Waals surface area contributed by atoms with Crippen molar-refractivity contribution >= 4 is 24.1 Å². The van der Waals surface area contributed by atoms with Crippen LogP contribution in [0.15, 0.2) is 0 Å². The van der Waals surface area contributed by atoms with E-state index in [-0.39, 0.29) is 0 Å². The molecular formula is C10H15NO3S. The number of nitrogens with one attached hydrogen (secondary N) is 1. The second-order valence-corrected chi connectivity index (χ2v) is 4.11. The Kier molecular flexibility index (Phi) is 8.69. The first-order valence-corrected chi connectivity index (χ1v) is 5.81. The number of rotatable bonds is 9. The summed E-state index contributed by atoms with van der Waals surface area (Å²) in [7, 11) is 0. The van der Waals surface area contributed by atoms with E-state index in [1.165, 1.54) is 0 Å². The van der Waals surface area contributed by atoms with Crippen LogP contribution in [0.1, 0.15) is 19.3 Å². The molecule has 0 aromatic rings. The van der Waals surface area contributed by atoms with Crippen LogP contribution in [-0.4, -0.2) is 35.0 Å². The molecule has 0 radical (unpaired) electrons. The smallest absolute Gasteiger partial charge is 0.326 e. The number of carboxylic acids is 1. The van der Waals surface area contributed by atoms with Crippen LogP contribution in [0.3, 0.4) is 0 Å². The maximum absolute atomic E-state index is 10.6. The molecule has 0 aromatic heterocycles. The number of carbonyl (C=O) groups excluding carboxylic acids is 1. The Bertz CT molecular complexity index is 237. The van der Waals surface area contributed by atoms with Gasteiger partial charge in [0.2, 0.25) is 6.41 Å². The molecule has 1 amide bonds. The zero-order chi connectivity index (χ0) is 11.5. The third kappa shape index (κ3) is 7.89. The van der Waals surface area contributed by atoms with Crippen LogP contribution in [0.5, 0.6) is 0 Å². The Morgan fingerprint density at radius 1 is 1.60 bits per heavy atom. The molecule has 0 aliphatic heterocycles. The molecule has 0 spiro atoms. The first-order chi connectivity index (χ1) is 7.22. The molecule has 15 heavy (non-hydrogen) atoms. The minimum Gasteiger partial charge on any atom is -0.480 e. The zero-order valence-electron chi connectivity index (χ0n) is 8.44. The van der Waals surface area contributed by atoms with Crippen molar-refractivity contribution in [1.29, 1.82) is 0 Å². The minimum atomic E-state index is -0.994. The largest absolute Gasteiger partial charge is 0.480 e. The Morgan fingerprint density at radius 3 is 2.87 bits per heavy atom. The number of carbonyl (C=O) groups is 2. The standard InChI is InChI=1S/C10H15NO3S/c1-2-3-4-6-15-7-5-9(10(13)14)11-8-12/h1,8-9H,3-7H2,(H,11,12)(H,13,14). The summed E-state index contributed by atoms with van der Waals surface area (Å²) >= 11 is 1.65. The highest BCUT2D eigenvalue weighted by atomic mass is 32.2. The SMILES string of the molecule is C#CCCCSCCC(NC=O)C(=O)O. The fourth-order valence-corrected chi connectivity index (χ4v) is 1.89. The third-order valence-corrected chi connectivity index (χ3v) is 2.83. The highest BCUT2D eigenvalue weighted by molar-refractivity contribution is 7.99. The Labute approximate surface area is 93.8 Å². The molecule has 0 aliphatic rings. The van der Waals surface area contributed by atoms with E-state index in [1.807, 2.05) is 0 Å². The first-order valence-electron chi connectivity index (χ1n) is 4.66. The number of hydrogen-bond donors (Lipinski definition) is 2. The lowest BCUT2D eigenvalue weighted by molar-refractivity contribution is -0.140. The third-order valence-electron chi connectivity index (χ3n) is 1.73. The van der Waals surface area contributed by atoms with Crippen molar-refractivity contribution < 1.29 is 14.7 Å². The van der Waals surface area contributed by atoms with E-state index in [9.17, 15) is 9.59 Å². The van der Waals surface area contributed by atoms with Gasteiger partial charge in [0, 0.05) is 6.42 Å². The summed E-state index contributed by atoms with van der Waals surface area (Å²) in [5, 5.41) is 10.9. The summed E-state index contributed by atoms with van der Waals surface area (Å²) in [6.45, 7) is 0. The van der Waals surface area contributed by atoms with Crippen LogP contribution in [-0.2, 0) is 9.59 Å². The molecule has 0 rings (SSSR count). The second-order valence-electron chi connectivity index (χ2n) is 2.88. The highest BCUT2D eigenvalue weighted by Crippen LogP contribution is 2.07. The fourth-order valence-electron chi connectivity index (χ4n) is 0.940. The van der Waals surface area contributed by atoms with Gasteiger partial charge in [-0.2, -0.15) is 11.8 Å². The van der Waals surface area contributed by atoms with E-state index < -0.39 is 12.0 Å². The summed E-state index contributed by atoms with van der Waals surface area (Å²) in [6.07, 6.45) is 7.64. The lowest BCUT2D eigenvalue weighted by Crippen LogP contribution is -2.36. The van der Waals surface area contributed by atoms with Gasteiger partial charge in [-0.3, -0.25) is 4.79 Å². The quantitative estimate of drug-likeness (QED) is 0.347. The minimum absolute atomic E-state index is 0.418. The van der Waals surface area contributed by atoms with Crippen molar-refractivity contribution in [3.05, 3.63) is 0 Å². The van der Waals surface area contributed by atoms with Crippen LogP contribution in [0.4, 0.5) is 0 Å². The van der Waals surface area contributed by atoms with Gasteiger partial charge < -0.3 is 10.4 Å². The van der Waals surface area contributed by atoms with Gasteiger partial charge in [-0.25, -0.2) is 4.79 Å². The van der Waals surface area contributed by atoms with Crippen molar-refractivity contribution in [2.75, 3.05) is 11.5 Å². The van der Waals surface area contributed by atoms with E-state index in [1.54, 1.807) is 11.8 Å². The summed E-state index contributed by atoms with van der Waals surface area (Å²) in [5.74, 6) is 3.18. The summed E-state index contributed by atoms with van der Waals surface area (Å²) in [4.78, 5) is 20.7. The van der Waals surface area contributed by atoms with Crippen molar-refractivity contribution in [1.82, 2.24) is 5.32 Å². The van der Waals surface area contributed by atoms with Gasteiger partial charge in [-0.05, 0) is 24.3 Å². The molecule has 5 heteroatoms. The van der Waals surface area contributed by atoms with Gasteiger partial charge in [0.05, 0.1) is 0 Å². The van der Waals surface area contributed by atoms with Crippen molar-refractivity contribution in [2.45, 2.75) is 25.3 Å². The molecule has 0 fully saturated rings. The molecule has 2 N–H and O–H groups in total. The number of unbranched alkanes of at least 4 members (excludes halogenated alkanes) is 1. The predicted octanol–water partition coefficient (Wildman–Crippen LogP) is 0.722. The average Bonchev–Trinajstić information content (AvgIpc) is 2.21. The van der Waals surface area contributed by atoms with Gasteiger partial charge in [-0.15, -0.1) is 12.3 Å². The first kappa shape index (κ1) is 13.8. The van der Waals surface area contributed by atoms with E-state index in [0.717, 1.165) is 18.6 Å². The van der Waals surface area contributed by atoms with Gasteiger partial charge in [-0.1, -0.05) is 0 Å². The Hall–Kier alpha value is -1.15. The summed E-state index contributed by atoms with van der Waals surface area (Å²) in [5.41, 5.74) is 0. The number of amides is 1. The number of thioether (sulfide) groups is 1. The normalized spacial score (nSPS) is 11.4. The second kappa shape index (κ2) is 9.41. The number of terminal acetylenes is 1. The van der Waals surface area contributed by atoms with E-state index in [4.69, 9.17) is 11.5 Å². The lowest BCUT2D eigenvalue weighted by Gasteiger charge is -2.09. The van der Waals surface area contributed by atoms with Crippen LogP contribution in [0.25, 0.3) is 0 Å². The van der Waals surface area contributed by atoms with Crippen LogP contribution in [0, 0.1) is 12.3 Å². The Morgan fingerprint density at radius 2 is 2.33 bits per heavy atom. The fraction of sp³-hybridized carbons (Fsp3) is 0.600. The number of carboxylic acid groups (broad SMARTS) is 1. The van der Waals surface area contributed by atoms with Crippen LogP contribution >= 0.6 is 11.8 Å². The lowest BCUT2D eigenvalue weighted by atomic mass is 10.2. The number of hydrogen-bond acceptors (Lipinski definition) is 3. The topological polar surface area (TPSA) is 66.4 Å². The summed E-state index contributed by atoms with van der Waals surface area (Å²) < 4.78 is 0. The van der Waals surface area contributed by atoms with Gasteiger partial charge >= 0.3 is 5.97 Å². The van der Waals surface area contributed by atoms with Crippen molar-refractivity contribution in [3.8, 4) is 12.3 Å². The molecule has 0 heterocycles. The zero-order valence-corrected chi connectivity index (χ0v) is 9.26. The summed E-state index contributed by atoms with van der Waals surface area (Å²) in [6, 6.07) is -0.775. The van der Waals surface area contributed by atoms with E-state index in [2.05, 4.69) is 11.2 Å². The molecule has 0 saturated carbocycles. The molecule has 84 valence electrons. The van der Waals surface area contributed by atoms with E-state index >= 15 is 0 Å². The highest BCUT2D eigenvalue weighted by Gasteiger charge is 2.14. The molecular weight excluding hydrogens is 214 g/mol.